The number of hydrogen-bond donors (Lipinski definition) is 3. The zero-order chi connectivity index (χ0) is 22.0. The van der Waals surface area contributed by atoms with Crippen LogP contribution >= 0.6 is 15.9 Å². The van der Waals surface area contributed by atoms with Gasteiger partial charge in [-0.25, -0.2) is 5.43 Å². The molecule has 0 saturated heterocycles. The van der Waals surface area contributed by atoms with Crippen molar-refractivity contribution in [3.63, 3.8) is 0 Å². The molecule has 3 N–H and O–H groups in total. The lowest BCUT2D eigenvalue weighted by atomic mass is 10.0. The predicted molar refractivity (Wildman–Crippen MR) is 121 cm³/mol. The lowest BCUT2D eigenvalue weighted by molar-refractivity contribution is -0.384. The number of benzene rings is 3. The Bertz CT molecular complexity index is 1330. The molecule has 3 aromatic carbocycles. The van der Waals surface area contributed by atoms with E-state index in [0.717, 1.165) is 10.0 Å². The number of hydrazone groups is 1. The van der Waals surface area contributed by atoms with Gasteiger partial charge in [0.2, 0.25) is 0 Å². The zero-order valence-corrected chi connectivity index (χ0v) is 17.5. The van der Waals surface area contributed by atoms with E-state index >= 15 is 0 Å². The molecule has 1 heterocycles. The van der Waals surface area contributed by atoms with Gasteiger partial charge in [-0.3, -0.25) is 14.9 Å². The molecule has 8 nitrogen and oxygen atoms in total. The van der Waals surface area contributed by atoms with Crippen LogP contribution in [0.2, 0.25) is 0 Å². The number of carbonyl (C=O) groups excluding carboxylic acids is 1. The minimum Gasteiger partial charge on any atom is -0.507 e. The van der Waals surface area contributed by atoms with Gasteiger partial charge in [-0.15, -0.1) is 0 Å². The van der Waals surface area contributed by atoms with Gasteiger partial charge in [-0.05, 0) is 29.8 Å². The topological polar surface area (TPSA) is 121 Å². The van der Waals surface area contributed by atoms with E-state index in [0.29, 0.717) is 22.0 Å². The number of phenolic OH excluding ortho intramolecular Hbond substituents is 1. The van der Waals surface area contributed by atoms with Crippen LogP contribution in [0.25, 0.3) is 22.0 Å². The third-order valence-electron chi connectivity index (χ3n) is 4.64. The number of phenols is 1. The summed E-state index contributed by atoms with van der Waals surface area (Å²) in [5.74, 6) is -0.507. The number of carbonyl (C=O) groups is 1. The maximum Gasteiger partial charge on any atom is 0.288 e. The number of fused-ring (bicyclic) bond motifs is 1. The number of nitro groups is 1. The summed E-state index contributed by atoms with van der Waals surface area (Å²) in [6.45, 7) is 0. The average Bonchev–Trinajstić information content (AvgIpc) is 3.15. The molecule has 0 spiro atoms. The Hall–Kier alpha value is -3.98. The lowest BCUT2D eigenvalue weighted by Crippen LogP contribution is -2.18. The van der Waals surface area contributed by atoms with Crippen LogP contribution in [0, 0.1) is 10.1 Å². The molecule has 0 radical (unpaired) electrons. The molecular weight excluding hydrogens is 464 g/mol. The number of aromatic nitrogens is 1. The van der Waals surface area contributed by atoms with Gasteiger partial charge in [0.05, 0.1) is 11.1 Å². The van der Waals surface area contributed by atoms with Crippen molar-refractivity contribution in [1.82, 2.24) is 10.4 Å². The van der Waals surface area contributed by atoms with E-state index in [1.54, 1.807) is 18.2 Å². The molecule has 31 heavy (non-hydrogen) atoms. The molecule has 0 aliphatic rings. The van der Waals surface area contributed by atoms with Crippen LogP contribution in [-0.4, -0.2) is 27.1 Å². The fourth-order valence-electron chi connectivity index (χ4n) is 3.21. The molecule has 1 amide bonds. The first-order chi connectivity index (χ1) is 14.9. The van der Waals surface area contributed by atoms with Crippen LogP contribution in [0.1, 0.15) is 16.1 Å². The maximum atomic E-state index is 12.9. The van der Waals surface area contributed by atoms with Gasteiger partial charge in [0.1, 0.15) is 11.4 Å². The van der Waals surface area contributed by atoms with E-state index in [4.69, 9.17) is 0 Å². The van der Waals surface area contributed by atoms with E-state index < -0.39 is 10.8 Å². The third kappa shape index (κ3) is 4.17. The van der Waals surface area contributed by atoms with Crippen LogP contribution in [0.3, 0.4) is 0 Å². The molecule has 0 bridgehead atoms. The number of aromatic hydroxyl groups is 1. The van der Waals surface area contributed by atoms with Crippen molar-refractivity contribution in [2.24, 2.45) is 5.10 Å². The van der Waals surface area contributed by atoms with E-state index in [2.05, 4.69) is 31.4 Å². The second-order valence-electron chi connectivity index (χ2n) is 6.63. The molecule has 4 aromatic rings. The molecular formula is C22H15BrN4O4. The number of nitrogens with zero attached hydrogens (tertiary/aromatic N) is 2. The molecule has 1 aromatic heterocycles. The number of amides is 1. The van der Waals surface area contributed by atoms with E-state index in [-0.39, 0.29) is 17.1 Å². The minimum atomic E-state index is -0.525. The summed E-state index contributed by atoms with van der Waals surface area (Å²) in [4.78, 5) is 26.7. The first kappa shape index (κ1) is 20.3. The Balaban J connectivity index is 1.74. The highest BCUT2D eigenvalue weighted by Gasteiger charge is 2.21. The molecule has 9 heteroatoms. The number of nitrogens with one attached hydrogen (secondary N) is 2. The second kappa shape index (κ2) is 8.41. The zero-order valence-electron chi connectivity index (χ0n) is 15.9. The normalized spacial score (nSPS) is 11.1. The summed E-state index contributed by atoms with van der Waals surface area (Å²) in [6.07, 6.45) is 1.33. The van der Waals surface area contributed by atoms with E-state index in [1.165, 1.54) is 24.4 Å². The third-order valence-corrected chi connectivity index (χ3v) is 5.14. The summed E-state index contributed by atoms with van der Waals surface area (Å²) in [7, 11) is 0. The molecule has 154 valence electrons. The Morgan fingerprint density at radius 2 is 1.90 bits per heavy atom. The van der Waals surface area contributed by atoms with Gasteiger partial charge >= 0.3 is 0 Å². The summed E-state index contributed by atoms with van der Waals surface area (Å²) in [5.41, 5.74) is 4.87. The molecule has 0 saturated carbocycles. The SMILES string of the molecule is O=C(N/N=C\c1cc(Br)ccc1O)c1[nH]c2ccc([N+](=O)[O-])cc2c1-c1ccccc1. The van der Waals surface area contributed by atoms with Crippen molar-refractivity contribution in [2.45, 2.75) is 0 Å². The van der Waals surface area contributed by atoms with Crippen molar-refractivity contribution in [1.29, 1.82) is 0 Å². The van der Waals surface area contributed by atoms with Gasteiger partial charge in [0.25, 0.3) is 11.6 Å². The van der Waals surface area contributed by atoms with E-state index in [1.807, 2.05) is 30.3 Å². The number of hydrogen-bond acceptors (Lipinski definition) is 5. The van der Waals surface area contributed by atoms with Crippen LogP contribution < -0.4 is 5.43 Å². The van der Waals surface area contributed by atoms with Crippen molar-refractivity contribution >= 4 is 44.6 Å². The number of aromatic amines is 1. The number of nitro benzene ring substituents is 1. The Kier molecular flexibility index (Phi) is 5.50. The monoisotopic (exact) mass is 478 g/mol. The lowest BCUT2D eigenvalue weighted by Gasteiger charge is -2.04. The predicted octanol–water partition coefficient (Wildman–Crippen LogP) is 4.98. The first-order valence-electron chi connectivity index (χ1n) is 9.11. The molecule has 0 atom stereocenters. The summed E-state index contributed by atoms with van der Waals surface area (Å²) >= 11 is 3.31. The van der Waals surface area contributed by atoms with Crippen molar-refractivity contribution in [2.75, 3.05) is 0 Å². The van der Waals surface area contributed by atoms with Crippen LogP contribution in [-0.2, 0) is 0 Å². The van der Waals surface area contributed by atoms with Crippen molar-refractivity contribution in [3.05, 3.63) is 92.6 Å². The highest BCUT2D eigenvalue weighted by molar-refractivity contribution is 9.10. The Morgan fingerprint density at radius 1 is 1.13 bits per heavy atom. The van der Waals surface area contributed by atoms with Gasteiger partial charge in [-0.1, -0.05) is 46.3 Å². The minimum absolute atomic E-state index is 0.0177. The van der Waals surface area contributed by atoms with Crippen LogP contribution in [0.4, 0.5) is 5.69 Å². The summed E-state index contributed by atoms with van der Waals surface area (Å²) in [6, 6.07) is 18.4. The summed E-state index contributed by atoms with van der Waals surface area (Å²) in [5, 5.41) is 25.6. The Labute approximate surface area is 184 Å². The highest BCUT2D eigenvalue weighted by Crippen LogP contribution is 2.34. The quantitative estimate of drug-likeness (QED) is 0.213. The Morgan fingerprint density at radius 3 is 2.65 bits per heavy atom. The van der Waals surface area contributed by atoms with Gasteiger partial charge in [0, 0.05) is 38.6 Å². The average molecular weight is 479 g/mol. The number of rotatable bonds is 5. The molecule has 0 unspecified atom stereocenters. The van der Waals surface area contributed by atoms with Crippen LogP contribution in [0.15, 0.2) is 76.3 Å². The van der Waals surface area contributed by atoms with Gasteiger partial charge in [0.15, 0.2) is 0 Å². The van der Waals surface area contributed by atoms with Gasteiger partial charge in [-0.2, -0.15) is 5.10 Å². The molecule has 4 rings (SSSR count). The largest absolute Gasteiger partial charge is 0.507 e. The molecule has 0 aliphatic carbocycles. The first-order valence-corrected chi connectivity index (χ1v) is 9.91. The number of halogens is 1. The van der Waals surface area contributed by atoms with E-state index in [9.17, 15) is 20.0 Å². The molecule has 0 fully saturated rings. The fraction of sp³-hybridized carbons (Fsp3) is 0. The number of non-ortho nitro benzene ring substituents is 1. The maximum absolute atomic E-state index is 12.9. The fourth-order valence-corrected chi connectivity index (χ4v) is 3.59. The smallest absolute Gasteiger partial charge is 0.288 e. The standard InChI is InChI=1S/C22H15BrN4O4/c23-15-6-9-19(28)14(10-15)12-24-26-22(29)21-20(13-4-2-1-3-5-13)17-11-16(27(30)31)7-8-18(17)25-21/h1-12,25,28H,(H,26,29)/b24-12-. The molecule has 0 aliphatic heterocycles. The summed E-state index contributed by atoms with van der Waals surface area (Å²) < 4.78 is 0.752. The van der Waals surface area contributed by atoms with Crippen molar-refractivity contribution < 1.29 is 14.8 Å². The van der Waals surface area contributed by atoms with Crippen molar-refractivity contribution in [3.8, 4) is 16.9 Å². The van der Waals surface area contributed by atoms with Crippen LogP contribution in [0.5, 0.6) is 5.75 Å². The number of H-pyrrole nitrogens is 1. The van der Waals surface area contributed by atoms with Gasteiger partial charge < -0.3 is 10.1 Å². The second-order valence-corrected chi connectivity index (χ2v) is 7.55. The highest BCUT2D eigenvalue weighted by atomic mass is 79.9.